The first-order valence-electron chi connectivity index (χ1n) is 8.98. The van der Waals surface area contributed by atoms with Crippen LogP contribution in [0.2, 0.25) is 0 Å². The average Bonchev–Trinajstić information content (AvgIpc) is 3.51. The van der Waals surface area contributed by atoms with Gasteiger partial charge < -0.3 is 5.32 Å². The molecule has 1 fully saturated rings. The zero-order valence-corrected chi connectivity index (χ0v) is 16.3. The van der Waals surface area contributed by atoms with Crippen molar-refractivity contribution in [3.05, 3.63) is 71.3 Å². The molecule has 0 aromatic heterocycles. The average molecular weight is 385 g/mol. The Kier molecular flexibility index (Phi) is 5.77. The molecule has 1 unspecified atom stereocenters. The quantitative estimate of drug-likeness (QED) is 0.720. The third-order valence-corrected chi connectivity index (χ3v) is 6.14. The lowest BCUT2D eigenvalue weighted by Gasteiger charge is -2.18. The van der Waals surface area contributed by atoms with Crippen LogP contribution in [0.1, 0.15) is 35.6 Å². The second-order valence-electron chi connectivity index (χ2n) is 6.84. The molecular formula is C21H24N2O3S. The molecule has 0 aliphatic heterocycles. The molecule has 2 aromatic rings. The maximum absolute atomic E-state index is 12.4. The molecule has 2 aromatic carbocycles. The van der Waals surface area contributed by atoms with E-state index in [0.717, 1.165) is 24.0 Å². The smallest absolute Gasteiger partial charge is 0.244 e. The van der Waals surface area contributed by atoms with E-state index in [2.05, 4.69) is 34.3 Å². The van der Waals surface area contributed by atoms with Gasteiger partial charge in [0.2, 0.25) is 15.9 Å². The summed E-state index contributed by atoms with van der Waals surface area (Å²) in [4.78, 5) is 12.6. The van der Waals surface area contributed by atoms with Gasteiger partial charge in [0.25, 0.3) is 0 Å². The van der Waals surface area contributed by atoms with Gasteiger partial charge in [0.15, 0.2) is 0 Å². The second-order valence-corrected chi connectivity index (χ2v) is 8.73. The molecule has 1 aliphatic rings. The van der Waals surface area contributed by atoms with E-state index in [0.29, 0.717) is 5.92 Å². The van der Waals surface area contributed by atoms with Crippen LogP contribution >= 0.6 is 0 Å². The van der Waals surface area contributed by atoms with E-state index in [1.165, 1.54) is 30.8 Å². The van der Waals surface area contributed by atoms with Crippen LogP contribution in [-0.2, 0) is 14.8 Å². The Morgan fingerprint density at radius 2 is 1.70 bits per heavy atom. The molecule has 0 heterocycles. The molecule has 0 bridgehead atoms. The Morgan fingerprint density at radius 1 is 1.07 bits per heavy atom. The zero-order valence-electron chi connectivity index (χ0n) is 15.5. The highest BCUT2D eigenvalue weighted by Gasteiger charge is 2.32. The number of nitrogens with one attached hydrogen (secondary N) is 2. The minimum Gasteiger partial charge on any atom is -0.345 e. The predicted molar refractivity (Wildman–Crippen MR) is 107 cm³/mol. The van der Waals surface area contributed by atoms with Crippen molar-refractivity contribution < 1.29 is 13.2 Å². The lowest BCUT2D eigenvalue weighted by molar-refractivity contribution is -0.117. The molecule has 1 saturated carbocycles. The normalized spacial score (nSPS) is 15.6. The van der Waals surface area contributed by atoms with E-state index in [1.54, 1.807) is 18.2 Å². The van der Waals surface area contributed by atoms with Gasteiger partial charge in [-0.05, 0) is 62.1 Å². The van der Waals surface area contributed by atoms with E-state index in [9.17, 15) is 13.2 Å². The number of sulfonamides is 1. The summed E-state index contributed by atoms with van der Waals surface area (Å²) in [6, 6.07) is 14.7. The molecule has 1 atom stereocenters. The van der Waals surface area contributed by atoms with Gasteiger partial charge in [-0.3, -0.25) is 4.79 Å². The molecule has 0 saturated heterocycles. The van der Waals surface area contributed by atoms with Crippen molar-refractivity contribution in [1.82, 2.24) is 10.0 Å². The number of carbonyl (C=O) groups excluding carboxylic acids is 1. The fourth-order valence-electron chi connectivity index (χ4n) is 2.93. The summed E-state index contributed by atoms with van der Waals surface area (Å²) in [6.07, 6.45) is 5.43. The lowest BCUT2D eigenvalue weighted by atomic mass is 10.0. The lowest BCUT2D eigenvalue weighted by Crippen LogP contribution is -2.28. The maximum atomic E-state index is 12.4. The van der Waals surface area contributed by atoms with Crippen molar-refractivity contribution >= 4 is 22.0 Å². The first-order valence-corrected chi connectivity index (χ1v) is 10.5. The van der Waals surface area contributed by atoms with E-state index in [-0.39, 0.29) is 16.8 Å². The summed E-state index contributed by atoms with van der Waals surface area (Å²) in [7, 11) is -2.08. The van der Waals surface area contributed by atoms with Gasteiger partial charge in [0.05, 0.1) is 10.9 Å². The van der Waals surface area contributed by atoms with Crippen LogP contribution in [0.4, 0.5) is 0 Å². The Bertz CT molecular complexity index is 928. The topological polar surface area (TPSA) is 75.3 Å². The van der Waals surface area contributed by atoms with Crippen LogP contribution in [0.25, 0.3) is 6.08 Å². The highest BCUT2D eigenvalue weighted by Crippen LogP contribution is 2.41. The number of aryl methyl sites for hydroxylation is 1. The molecule has 5 nitrogen and oxygen atoms in total. The van der Waals surface area contributed by atoms with E-state index >= 15 is 0 Å². The van der Waals surface area contributed by atoms with Crippen LogP contribution in [-0.4, -0.2) is 21.4 Å². The third kappa shape index (κ3) is 5.05. The largest absolute Gasteiger partial charge is 0.345 e. The van der Waals surface area contributed by atoms with Gasteiger partial charge in [-0.1, -0.05) is 42.0 Å². The van der Waals surface area contributed by atoms with Crippen molar-refractivity contribution in [2.75, 3.05) is 7.05 Å². The van der Waals surface area contributed by atoms with Crippen molar-refractivity contribution in [2.24, 2.45) is 5.92 Å². The predicted octanol–water partition coefficient (Wildman–Crippen LogP) is 3.18. The molecule has 6 heteroatoms. The Labute approximate surface area is 160 Å². The number of benzene rings is 2. The molecule has 0 spiro atoms. The Balaban J connectivity index is 1.66. The Hall–Kier alpha value is -2.44. The van der Waals surface area contributed by atoms with Crippen LogP contribution in [0, 0.1) is 12.8 Å². The minimum atomic E-state index is -3.45. The summed E-state index contributed by atoms with van der Waals surface area (Å²) in [6.45, 7) is 2.05. The molecule has 142 valence electrons. The van der Waals surface area contributed by atoms with Gasteiger partial charge in [0.1, 0.15) is 0 Å². The third-order valence-electron chi connectivity index (χ3n) is 4.71. The van der Waals surface area contributed by atoms with Crippen LogP contribution in [0.5, 0.6) is 0 Å². The number of amides is 1. The zero-order chi connectivity index (χ0) is 19.4. The first kappa shape index (κ1) is 19.3. The molecule has 3 rings (SSSR count). The molecule has 2 N–H and O–H groups in total. The van der Waals surface area contributed by atoms with Gasteiger partial charge in [-0.25, -0.2) is 13.1 Å². The second kappa shape index (κ2) is 8.06. The fourth-order valence-corrected chi connectivity index (χ4v) is 3.66. The van der Waals surface area contributed by atoms with Crippen molar-refractivity contribution in [1.29, 1.82) is 0 Å². The van der Waals surface area contributed by atoms with Crippen molar-refractivity contribution in [3.63, 3.8) is 0 Å². The van der Waals surface area contributed by atoms with Crippen molar-refractivity contribution in [2.45, 2.75) is 30.7 Å². The number of carbonyl (C=O) groups is 1. The van der Waals surface area contributed by atoms with E-state index in [4.69, 9.17) is 0 Å². The fraction of sp³-hybridized carbons (Fsp3) is 0.286. The number of hydrogen-bond acceptors (Lipinski definition) is 3. The molecule has 0 radical (unpaired) electrons. The summed E-state index contributed by atoms with van der Waals surface area (Å²) in [5, 5.41) is 3.10. The molecule has 27 heavy (non-hydrogen) atoms. The highest BCUT2D eigenvalue weighted by molar-refractivity contribution is 7.89. The van der Waals surface area contributed by atoms with Crippen LogP contribution < -0.4 is 10.0 Å². The SMILES string of the molecule is CNS(=O)(=O)c1ccc(/C=C/C(=O)NC(c2ccc(C)cc2)C2CC2)cc1. The standard InChI is InChI=1S/C21H24N2O3S/c1-15-3-8-17(9-4-15)21(18-10-11-18)23-20(24)14-7-16-5-12-19(13-6-16)27(25,26)22-2/h3-9,12-14,18,21-22H,10-11H2,1-2H3,(H,23,24)/b14-7+. The summed E-state index contributed by atoms with van der Waals surface area (Å²) in [5.41, 5.74) is 3.09. The van der Waals surface area contributed by atoms with Gasteiger partial charge in [-0.15, -0.1) is 0 Å². The summed E-state index contributed by atoms with van der Waals surface area (Å²) >= 11 is 0. The molecule has 1 amide bonds. The first-order chi connectivity index (χ1) is 12.9. The maximum Gasteiger partial charge on any atom is 0.244 e. The van der Waals surface area contributed by atoms with Gasteiger partial charge in [-0.2, -0.15) is 0 Å². The van der Waals surface area contributed by atoms with E-state index in [1.807, 2.05) is 6.92 Å². The molecular weight excluding hydrogens is 360 g/mol. The van der Waals surface area contributed by atoms with Crippen LogP contribution in [0.3, 0.4) is 0 Å². The molecule has 1 aliphatic carbocycles. The minimum absolute atomic E-state index is 0.0332. The number of hydrogen-bond donors (Lipinski definition) is 2. The van der Waals surface area contributed by atoms with Gasteiger partial charge >= 0.3 is 0 Å². The Morgan fingerprint density at radius 3 is 2.26 bits per heavy atom. The summed E-state index contributed by atoms with van der Waals surface area (Å²) in [5.74, 6) is 0.343. The van der Waals surface area contributed by atoms with Crippen LogP contribution in [0.15, 0.2) is 59.5 Å². The van der Waals surface area contributed by atoms with Crippen molar-refractivity contribution in [3.8, 4) is 0 Å². The highest BCUT2D eigenvalue weighted by atomic mass is 32.2. The van der Waals surface area contributed by atoms with E-state index < -0.39 is 10.0 Å². The summed E-state index contributed by atoms with van der Waals surface area (Å²) < 4.78 is 25.7. The number of rotatable bonds is 7. The van der Waals surface area contributed by atoms with Gasteiger partial charge in [0, 0.05) is 6.08 Å². The monoisotopic (exact) mass is 384 g/mol.